The Labute approximate surface area is 184 Å². The second kappa shape index (κ2) is 9.80. The van der Waals surface area contributed by atoms with Crippen LogP contribution in [0.25, 0.3) is 6.08 Å². The summed E-state index contributed by atoms with van der Waals surface area (Å²) in [5, 5.41) is 0.392. The van der Waals surface area contributed by atoms with E-state index in [1.54, 1.807) is 18.2 Å². The van der Waals surface area contributed by atoms with Gasteiger partial charge in [0.25, 0.3) is 0 Å². The van der Waals surface area contributed by atoms with Gasteiger partial charge in [-0.05, 0) is 35.9 Å². The molecule has 10 heteroatoms. The first-order valence-corrected chi connectivity index (χ1v) is 11.1. The highest BCUT2D eigenvalue weighted by molar-refractivity contribution is 7.89. The first kappa shape index (κ1) is 22.6. The fourth-order valence-electron chi connectivity index (χ4n) is 2.79. The van der Waals surface area contributed by atoms with Crippen molar-refractivity contribution in [3.8, 4) is 11.5 Å². The smallest absolute Gasteiger partial charge is 0.336 e. The SMILES string of the molecule is COc1ccc(C=CC(=O)Oc2cccc(Cl)c2Cl)cc1S(=O)(=O)N1CCOCC1. The van der Waals surface area contributed by atoms with Crippen LogP contribution >= 0.6 is 23.2 Å². The van der Waals surface area contributed by atoms with Crippen molar-refractivity contribution in [1.82, 2.24) is 4.31 Å². The molecule has 1 aliphatic heterocycles. The van der Waals surface area contributed by atoms with E-state index in [4.69, 9.17) is 37.4 Å². The Morgan fingerprint density at radius 2 is 1.87 bits per heavy atom. The number of methoxy groups -OCH3 is 1. The number of nitrogens with zero attached hydrogens (tertiary/aromatic N) is 1. The Hall–Kier alpha value is -2.10. The van der Waals surface area contributed by atoms with Gasteiger partial charge in [0.15, 0.2) is 5.75 Å². The van der Waals surface area contributed by atoms with Crippen LogP contribution < -0.4 is 9.47 Å². The molecule has 2 aromatic rings. The van der Waals surface area contributed by atoms with E-state index >= 15 is 0 Å². The molecule has 0 aromatic heterocycles. The molecule has 0 saturated carbocycles. The van der Waals surface area contributed by atoms with Crippen LogP contribution in [0.4, 0.5) is 0 Å². The van der Waals surface area contributed by atoms with Gasteiger partial charge in [-0.3, -0.25) is 0 Å². The molecule has 0 amide bonds. The van der Waals surface area contributed by atoms with Crippen molar-refractivity contribution in [2.45, 2.75) is 4.90 Å². The van der Waals surface area contributed by atoms with E-state index in [2.05, 4.69) is 0 Å². The van der Waals surface area contributed by atoms with E-state index in [1.807, 2.05) is 0 Å². The van der Waals surface area contributed by atoms with Crippen LogP contribution in [0.15, 0.2) is 47.4 Å². The van der Waals surface area contributed by atoms with Gasteiger partial charge in [-0.25, -0.2) is 13.2 Å². The van der Waals surface area contributed by atoms with E-state index in [9.17, 15) is 13.2 Å². The third-order valence-electron chi connectivity index (χ3n) is 4.31. The van der Waals surface area contributed by atoms with E-state index in [0.29, 0.717) is 18.8 Å². The second-order valence-corrected chi connectivity index (χ2v) is 8.92. The van der Waals surface area contributed by atoms with Gasteiger partial charge in [-0.1, -0.05) is 35.3 Å². The fraction of sp³-hybridized carbons (Fsp3) is 0.250. The minimum Gasteiger partial charge on any atom is -0.495 e. The van der Waals surface area contributed by atoms with Crippen molar-refractivity contribution in [1.29, 1.82) is 0 Å². The number of morpholine rings is 1. The first-order chi connectivity index (χ1) is 14.3. The molecule has 1 heterocycles. The molecule has 0 N–H and O–H groups in total. The minimum atomic E-state index is -3.78. The van der Waals surface area contributed by atoms with Crippen molar-refractivity contribution in [2.24, 2.45) is 0 Å². The van der Waals surface area contributed by atoms with Gasteiger partial charge in [-0.2, -0.15) is 4.31 Å². The fourth-order valence-corrected chi connectivity index (χ4v) is 4.72. The van der Waals surface area contributed by atoms with E-state index < -0.39 is 16.0 Å². The van der Waals surface area contributed by atoms with Gasteiger partial charge in [0.05, 0.1) is 25.3 Å². The standard InChI is InChI=1S/C20H19Cl2NO6S/c1-27-16-7-5-14(13-18(16)30(25,26)23-9-11-28-12-10-23)6-8-19(24)29-17-4-2-3-15(21)20(17)22/h2-8,13H,9-12H2,1H3. The van der Waals surface area contributed by atoms with Crippen LogP contribution in [-0.2, 0) is 19.6 Å². The molecule has 0 spiro atoms. The van der Waals surface area contributed by atoms with Crippen LogP contribution in [-0.4, -0.2) is 52.1 Å². The molecule has 0 aliphatic carbocycles. The average Bonchev–Trinajstić information content (AvgIpc) is 2.76. The molecule has 30 heavy (non-hydrogen) atoms. The molecular weight excluding hydrogens is 453 g/mol. The average molecular weight is 472 g/mol. The van der Waals surface area contributed by atoms with Crippen LogP contribution in [0.5, 0.6) is 11.5 Å². The second-order valence-electron chi connectivity index (χ2n) is 6.23. The Morgan fingerprint density at radius 1 is 1.13 bits per heavy atom. The lowest BCUT2D eigenvalue weighted by Crippen LogP contribution is -2.40. The molecule has 0 bridgehead atoms. The van der Waals surface area contributed by atoms with E-state index in [0.717, 1.165) is 0 Å². The van der Waals surface area contributed by atoms with E-state index in [-0.39, 0.29) is 39.5 Å². The van der Waals surface area contributed by atoms with Gasteiger partial charge in [0.1, 0.15) is 15.7 Å². The zero-order chi connectivity index (χ0) is 21.7. The van der Waals surface area contributed by atoms with Gasteiger partial charge >= 0.3 is 5.97 Å². The summed E-state index contributed by atoms with van der Waals surface area (Å²) < 4.78 is 43.0. The van der Waals surface area contributed by atoms with Crippen molar-refractivity contribution in [3.05, 3.63) is 58.1 Å². The number of esters is 1. The molecule has 7 nitrogen and oxygen atoms in total. The minimum absolute atomic E-state index is 0.0142. The molecule has 0 atom stereocenters. The lowest BCUT2D eigenvalue weighted by atomic mass is 10.2. The van der Waals surface area contributed by atoms with Gasteiger partial charge in [0, 0.05) is 19.2 Å². The van der Waals surface area contributed by atoms with Crippen LogP contribution in [0.1, 0.15) is 5.56 Å². The molecule has 1 fully saturated rings. The molecule has 0 radical (unpaired) electrons. The monoisotopic (exact) mass is 471 g/mol. The Bertz CT molecular complexity index is 1060. The predicted octanol–water partition coefficient (Wildman–Crippen LogP) is 3.64. The van der Waals surface area contributed by atoms with Gasteiger partial charge in [-0.15, -0.1) is 0 Å². The maximum atomic E-state index is 13.0. The molecule has 3 rings (SSSR count). The molecule has 160 valence electrons. The summed E-state index contributed by atoms with van der Waals surface area (Å²) in [6, 6.07) is 9.30. The highest BCUT2D eigenvalue weighted by Crippen LogP contribution is 2.32. The Morgan fingerprint density at radius 3 is 2.57 bits per heavy atom. The number of sulfonamides is 1. The number of hydrogen-bond acceptors (Lipinski definition) is 6. The molecule has 1 saturated heterocycles. The summed E-state index contributed by atoms with van der Waals surface area (Å²) in [4.78, 5) is 12.1. The largest absolute Gasteiger partial charge is 0.495 e. The summed E-state index contributed by atoms with van der Waals surface area (Å²) >= 11 is 11.9. The summed E-state index contributed by atoms with van der Waals surface area (Å²) in [7, 11) is -2.38. The number of carbonyl (C=O) groups is 1. The Kier molecular flexibility index (Phi) is 7.38. The van der Waals surface area contributed by atoms with Crippen molar-refractivity contribution in [3.63, 3.8) is 0 Å². The normalized spacial score (nSPS) is 15.3. The number of ether oxygens (including phenoxy) is 3. The number of halogens is 2. The number of rotatable bonds is 6. The van der Waals surface area contributed by atoms with Gasteiger partial charge < -0.3 is 14.2 Å². The van der Waals surface area contributed by atoms with Crippen LogP contribution in [0.3, 0.4) is 0 Å². The number of carbonyl (C=O) groups excluding carboxylic acids is 1. The molecule has 1 aliphatic rings. The van der Waals surface area contributed by atoms with Crippen molar-refractivity contribution >= 4 is 45.3 Å². The maximum absolute atomic E-state index is 13.0. The summed E-state index contributed by atoms with van der Waals surface area (Å²) in [6.07, 6.45) is 2.61. The lowest BCUT2D eigenvalue weighted by molar-refractivity contribution is -0.128. The molecule has 0 unspecified atom stereocenters. The van der Waals surface area contributed by atoms with Gasteiger partial charge in [0.2, 0.25) is 10.0 Å². The molecular formula is C20H19Cl2NO6S. The number of hydrogen-bond donors (Lipinski definition) is 0. The zero-order valence-corrected chi connectivity index (χ0v) is 18.3. The van der Waals surface area contributed by atoms with Crippen molar-refractivity contribution in [2.75, 3.05) is 33.4 Å². The topological polar surface area (TPSA) is 82.1 Å². The highest BCUT2D eigenvalue weighted by Gasteiger charge is 2.29. The summed E-state index contributed by atoms with van der Waals surface area (Å²) in [6.45, 7) is 1.19. The Balaban J connectivity index is 1.82. The lowest BCUT2D eigenvalue weighted by Gasteiger charge is -2.26. The summed E-state index contributed by atoms with van der Waals surface area (Å²) in [5.74, 6) is -0.344. The molecule has 2 aromatic carbocycles. The quantitative estimate of drug-likeness (QED) is 0.363. The summed E-state index contributed by atoms with van der Waals surface area (Å²) in [5.41, 5.74) is 0.483. The third-order valence-corrected chi connectivity index (χ3v) is 7.04. The van der Waals surface area contributed by atoms with E-state index in [1.165, 1.54) is 41.8 Å². The van der Waals surface area contributed by atoms with Crippen LogP contribution in [0.2, 0.25) is 10.0 Å². The zero-order valence-electron chi connectivity index (χ0n) is 16.0. The number of benzene rings is 2. The maximum Gasteiger partial charge on any atom is 0.336 e. The third kappa shape index (κ3) is 5.14. The highest BCUT2D eigenvalue weighted by atomic mass is 35.5. The first-order valence-electron chi connectivity index (χ1n) is 8.93. The van der Waals surface area contributed by atoms with Crippen molar-refractivity contribution < 1.29 is 27.4 Å². The predicted molar refractivity (Wildman–Crippen MR) is 114 cm³/mol. The van der Waals surface area contributed by atoms with Crippen LogP contribution in [0, 0.1) is 0 Å².